The summed E-state index contributed by atoms with van der Waals surface area (Å²) >= 11 is 0. The van der Waals surface area contributed by atoms with E-state index >= 15 is 0 Å². The monoisotopic (exact) mass is 136 g/mol. The molecule has 0 aliphatic carbocycles. The predicted octanol–water partition coefficient (Wildman–Crippen LogP) is -3.77. The van der Waals surface area contributed by atoms with E-state index in [1.54, 1.807) is 0 Å². The molecule has 0 bridgehead atoms. The number of rotatable bonds is 1. The minimum atomic E-state index is -4.09. The average molecular weight is 136 g/mol. The number of hydrogen-bond acceptors (Lipinski definition) is 2. The largest absolute Gasteiger partial charge is 1.00 e. The van der Waals surface area contributed by atoms with Gasteiger partial charge in [0, 0.05) is 0 Å². The second-order valence-electron chi connectivity index (χ2n) is 0.806. The summed E-state index contributed by atoms with van der Waals surface area (Å²) in [4.78, 5) is 15.4. The van der Waals surface area contributed by atoms with Gasteiger partial charge in [0.15, 0.2) is 0 Å². The van der Waals surface area contributed by atoms with Gasteiger partial charge in [-0.15, -0.1) is 0 Å². The van der Waals surface area contributed by atoms with Crippen LogP contribution >= 0.6 is 7.60 Å². The molecule has 0 spiro atoms. The molecule has 0 heterocycles. The molecule has 0 saturated heterocycles. The Bertz CT molecular complexity index is 80.1. The van der Waals surface area contributed by atoms with Crippen molar-refractivity contribution in [3.8, 4) is 0 Å². The molecule has 0 radical (unpaired) electrons. The first-order chi connectivity index (χ1) is 2.56. The Hall–Kier alpha value is 1.11. The van der Waals surface area contributed by atoms with Crippen LogP contribution in [0.1, 0.15) is 1.43 Å². The van der Waals surface area contributed by atoms with Crippen molar-refractivity contribution in [1.82, 2.24) is 0 Å². The molecule has 3 N–H and O–H groups in total. The van der Waals surface area contributed by atoms with Crippen molar-refractivity contribution in [1.29, 1.82) is 0 Å². The molecule has 0 aromatic carbocycles. The third kappa shape index (κ3) is 11.0. The fraction of sp³-hybridized carbons (Fsp3) is 1.00. The Morgan fingerprint density at radius 1 is 1.57 bits per heavy atom. The van der Waals surface area contributed by atoms with Gasteiger partial charge in [0.1, 0.15) is 6.35 Å². The van der Waals surface area contributed by atoms with Crippen LogP contribution in [0, 0.1) is 0 Å². The molecule has 4 nitrogen and oxygen atoms in total. The molecular formula is CH6NaO4P. The second kappa shape index (κ2) is 4.04. The van der Waals surface area contributed by atoms with Gasteiger partial charge >= 0.3 is 37.2 Å². The Morgan fingerprint density at radius 3 is 1.71 bits per heavy atom. The molecule has 6 heteroatoms. The number of hydrogen-bond donors (Lipinski definition) is 3. The summed E-state index contributed by atoms with van der Waals surface area (Å²) in [7, 11) is -4.09. The van der Waals surface area contributed by atoms with Gasteiger partial charge in [-0.2, -0.15) is 0 Å². The van der Waals surface area contributed by atoms with Crippen LogP contribution < -0.4 is 29.6 Å². The summed E-state index contributed by atoms with van der Waals surface area (Å²) in [5, 5.41) is 7.64. The molecular weight excluding hydrogens is 130 g/mol. The van der Waals surface area contributed by atoms with Crippen molar-refractivity contribution in [2.45, 2.75) is 0 Å². The molecule has 0 aromatic rings. The molecule has 0 aliphatic heterocycles. The SMILES string of the molecule is O=P(O)(O)CO.[H-].[Na+]. The van der Waals surface area contributed by atoms with Gasteiger partial charge in [0.05, 0.1) is 0 Å². The van der Waals surface area contributed by atoms with Crippen LogP contribution in [0.25, 0.3) is 0 Å². The van der Waals surface area contributed by atoms with Gasteiger partial charge in [-0.25, -0.2) is 0 Å². The Morgan fingerprint density at radius 2 is 1.71 bits per heavy atom. The maximum absolute atomic E-state index is 9.44. The fourth-order valence-corrected chi connectivity index (χ4v) is 0. The van der Waals surface area contributed by atoms with E-state index in [9.17, 15) is 4.57 Å². The van der Waals surface area contributed by atoms with Crippen molar-refractivity contribution < 1.29 is 50.4 Å². The molecule has 40 valence electrons. The van der Waals surface area contributed by atoms with Crippen LogP contribution in [0.4, 0.5) is 0 Å². The zero-order chi connectivity index (χ0) is 5.21. The molecule has 0 saturated carbocycles. The first kappa shape index (κ1) is 11.0. The fourth-order valence-electron chi connectivity index (χ4n) is 0. The normalized spacial score (nSPS) is 10.1. The van der Waals surface area contributed by atoms with Crippen molar-refractivity contribution >= 4 is 7.60 Å². The molecule has 7 heavy (non-hydrogen) atoms. The van der Waals surface area contributed by atoms with Crippen LogP contribution in [0.2, 0.25) is 0 Å². The summed E-state index contributed by atoms with van der Waals surface area (Å²) in [6.07, 6.45) is -1.06. The minimum Gasteiger partial charge on any atom is -1.00 e. The van der Waals surface area contributed by atoms with Gasteiger partial charge in [0.2, 0.25) is 0 Å². The van der Waals surface area contributed by atoms with E-state index in [0.29, 0.717) is 0 Å². The summed E-state index contributed by atoms with van der Waals surface area (Å²) in [6, 6.07) is 0. The van der Waals surface area contributed by atoms with Gasteiger partial charge in [-0.1, -0.05) is 0 Å². The zero-order valence-electron chi connectivity index (χ0n) is 4.90. The number of aliphatic hydroxyl groups excluding tert-OH is 1. The van der Waals surface area contributed by atoms with Crippen LogP contribution in [0.15, 0.2) is 0 Å². The quantitative estimate of drug-likeness (QED) is 0.255. The molecule has 0 amide bonds. The summed E-state index contributed by atoms with van der Waals surface area (Å²) in [5.41, 5.74) is 0. The van der Waals surface area contributed by atoms with E-state index in [-0.39, 0.29) is 31.0 Å². The first-order valence-electron chi connectivity index (χ1n) is 1.22. The zero-order valence-corrected chi connectivity index (χ0v) is 6.80. The van der Waals surface area contributed by atoms with E-state index in [4.69, 9.17) is 14.9 Å². The van der Waals surface area contributed by atoms with Crippen LogP contribution in [-0.2, 0) is 4.57 Å². The minimum absolute atomic E-state index is 0. The molecule has 0 atom stereocenters. The third-order valence-electron chi connectivity index (χ3n) is 0.184. The van der Waals surface area contributed by atoms with Gasteiger partial charge < -0.3 is 16.3 Å². The smallest absolute Gasteiger partial charge is 1.00 e. The first-order valence-corrected chi connectivity index (χ1v) is 3.01. The Kier molecular flexibility index (Phi) is 6.33. The maximum Gasteiger partial charge on any atom is 1.00 e. The van der Waals surface area contributed by atoms with Crippen molar-refractivity contribution in [3.05, 3.63) is 0 Å². The van der Waals surface area contributed by atoms with Gasteiger partial charge in [-0.05, 0) is 0 Å². The summed E-state index contributed by atoms with van der Waals surface area (Å²) < 4.78 is 9.44. The topological polar surface area (TPSA) is 77.8 Å². The Balaban J connectivity index is -0.000000125. The molecule has 0 aliphatic rings. The predicted molar refractivity (Wildman–Crippen MR) is 20.2 cm³/mol. The van der Waals surface area contributed by atoms with Crippen molar-refractivity contribution in [2.75, 3.05) is 6.35 Å². The molecule has 0 unspecified atom stereocenters. The Labute approximate surface area is 64.5 Å². The standard InChI is InChI=1S/CH5O4P.Na.H/c2-1-6(3,4)5;;/h2H,1H2,(H2,3,4,5);;/q;+1;-1. The van der Waals surface area contributed by atoms with Crippen molar-refractivity contribution in [3.63, 3.8) is 0 Å². The van der Waals surface area contributed by atoms with Crippen LogP contribution in [0.5, 0.6) is 0 Å². The van der Waals surface area contributed by atoms with Crippen LogP contribution in [0.3, 0.4) is 0 Å². The van der Waals surface area contributed by atoms with E-state index in [1.165, 1.54) is 0 Å². The molecule has 0 fully saturated rings. The third-order valence-corrected chi connectivity index (χ3v) is 0.553. The van der Waals surface area contributed by atoms with E-state index < -0.39 is 13.9 Å². The molecule has 0 rings (SSSR count). The average Bonchev–Trinajstić information content (AvgIpc) is 1.35. The van der Waals surface area contributed by atoms with Crippen LogP contribution in [-0.4, -0.2) is 21.2 Å². The molecule has 0 aromatic heterocycles. The van der Waals surface area contributed by atoms with Gasteiger partial charge in [-0.3, -0.25) is 4.57 Å². The van der Waals surface area contributed by atoms with Gasteiger partial charge in [0.25, 0.3) is 0 Å². The summed E-state index contributed by atoms with van der Waals surface area (Å²) in [6.45, 7) is 0. The maximum atomic E-state index is 9.44. The summed E-state index contributed by atoms with van der Waals surface area (Å²) in [5.74, 6) is 0. The van der Waals surface area contributed by atoms with E-state index in [2.05, 4.69) is 0 Å². The van der Waals surface area contributed by atoms with E-state index in [1.807, 2.05) is 0 Å². The second-order valence-corrected chi connectivity index (χ2v) is 2.42. The van der Waals surface area contributed by atoms with E-state index in [0.717, 1.165) is 0 Å². The van der Waals surface area contributed by atoms with Crippen molar-refractivity contribution in [2.24, 2.45) is 0 Å². The number of aliphatic hydroxyl groups is 1.